The summed E-state index contributed by atoms with van der Waals surface area (Å²) in [6, 6.07) is 0. The Morgan fingerprint density at radius 2 is 0.556 bits per heavy atom. The van der Waals surface area contributed by atoms with Crippen molar-refractivity contribution in [3.63, 3.8) is 0 Å². The average Bonchev–Trinajstić information content (AvgIpc) is 2.66. The predicted octanol–water partition coefficient (Wildman–Crippen LogP) is 10.8. The molecule has 0 heterocycles. The Labute approximate surface area is 187 Å². The average molecular weight is 468 g/mol. The van der Waals surface area contributed by atoms with Crippen LogP contribution in [0.3, 0.4) is 0 Å². The molecule has 0 saturated heterocycles. The number of unbranched alkanes of at least 4 members (excludes halogenated alkanes) is 13. The molecule has 0 aliphatic carbocycles. The summed E-state index contributed by atoms with van der Waals surface area (Å²) in [5.74, 6) is 0. The van der Waals surface area contributed by atoms with E-state index >= 15 is 0 Å². The van der Waals surface area contributed by atoms with Gasteiger partial charge in [-0.3, -0.25) is 0 Å². The van der Waals surface area contributed by atoms with Gasteiger partial charge in [0.05, 0.1) is 0 Å². The first-order valence-corrected chi connectivity index (χ1v) is 14.4. The molecule has 0 saturated carbocycles. The highest BCUT2D eigenvalue weighted by Crippen LogP contribution is 2.38. The number of hydrogen-bond acceptors (Lipinski definition) is 0. The summed E-state index contributed by atoms with van der Waals surface area (Å²) >= 11 is 0. The van der Waals surface area contributed by atoms with Crippen molar-refractivity contribution >= 4 is 24.9 Å². The molecule has 27 heavy (non-hydrogen) atoms. The molecule has 0 radical (unpaired) electrons. The normalized spacial score (nSPS) is 10.4. The third-order valence-corrected chi connectivity index (χ3v) is 8.04. The van der Waals surface area contributed by atoms with Gasteiger partial charge >= 0.3 is 0 Å². The van der Waals surface area contributed by atoms with Crippen molar-refractivity contribution in [3.8, 4) is 0 Å². The van der Waals surface area contributed by atoms with Crippen LogP contribution in [-0.4, -0.2) is 18.5 Å². The van der Waals surface area contributed by atoms with Crippen LogP contribution in [0.1, 0.15) is 144 Å². The fraction of sp³-hybridized carbons (Fsp3) is 1.00. The molecule has 0 nitrogen and oxygen atoms in total. The van der Waals surface area contributed by atoms with Gasteiger partial charge in [-0.1, -0.05) is 125 Å². The summed E-state index contributed by atoms with van der Waals surface area (Å²) < 4.78 is 0. The van der Waals surface area contributed by atoms with Gasteiger partial charge in [0.25, 0.3) is 0 Å². The van der Waals surface area contributed by atoms with Crippen LogP contribution in [0.2, 0.25) is 0 Å². The van der Waals surface area contributed by atoms with E-state index in [0.717, 1.165) is 0 Å². The summed E-state index contributed by atoms with van der Waals surface area (Å²) in [5, 5.41) is 0. The lowest BCUT2D eigenvalue weighted by Crippen LogP contribution is -1.95. The highest BCUT2D eigenvalue weighted by atomic mass is 79.9. The van der Waals surface area contributed by atoms with E-state index in [1.54, 1.807) is 18.5 Å². The van der Waals surface area contributed by atoms with Crippen LogP contribution in [0.4, 0.5) is 0 Å². The minimum absolute atomic E-state index is 0. The van der Waals surface area contributed by atoms with Gasteiger partial charge in [0, 0.05) is 0 Å². The van der Waals surface area contributed by atoms with E-state index in [2.05, 4.69) is 34.6 Å². The monoisotopic (exact) mass is 466 g/mol. The molecule has 0 fully saturated rings. The van der Waals surface area contributed by atoms with Crippen LogP contribution in [0.5, 0.6) is 0 Å². The quantitative estimate of drug-likeness (QED) is 0.131. The van der Waals surface area contributed by atoms with Crippen LogP contribution >= 0.6 is 24.9 Å². The molecular weight excluding hydrogens is 411 g/mol. The van der Waals surface area contributed by atoms with Crippen LogP contribution < -0.4 is 0 Å². The molecule has 0 bridgehead atoms. The highest BCUT2D eigenvalue weighted by molar-refractivity contribution is 8.93. The van der Waals surface area contributed by atoms with E-state index in [1.165, 1.54) is 109 Å². The van der Waals surface area contributed by atoms with Gasteiger partial charge < -0.3 is 0 Å². The van der Waals surface area contributed by atoms with Gasteiger partial charge in [-0.25, -0.2) is 0 Å². The second kappa shape index (κ2) is 31.6. The maximum absolute atomic E-state index is 2.31. The standard InChI is InChI=1S/C13H28.C12H27P.BrH/c1-3-5-7-9-11-13-12-10-8-6-4-2;1-4-7-10-13(11-8-5-2)12-9-6-3;/h3-13H2,1-2H3;4-12H2,1-3H3;1H. The SMILES string of the molecule is Br.CCCCCCCCCCCCC.CCCCP(CCCC)CCCC. The van der Waals surface area contributed by atoms with Crippen molar-refractivity contribution in [1.82, 2.24) is 0 Å². The summed E-state index contributed by atoms with van der Waals surface area (Å²) in [5.41, 5.74) is 0. The van der Waals surface area contributed by atoms with Gasteiger partial charge in [0.1, 0.15) is 0 Å². The van der Waals surface area contributed by atoms with Crippen molar-refractivity contribution in [3.05, 3.63) is 0 Å². The Balaban J connectivity index is -0.000000411. The van der Waals surface area contributed by atoms with Crippen LogP contribution in [0, 0.1) is 0 Å². The fourth-order valence-corrected chi connectivity index (χ4v) is 6.18. The molecule has 0 aliphatic heterocycles. The molecule has 0 aliphatic rings. The Hall–Kier alpha value is 0.910. The van der Waals surface area contributed by atoms with E-state index in [9.17, 15) is 0 Å². The second-order valence-corrected chi connectivity index (χ2v) is 10.8. The highest BCUT2D eigenvalue weighted by Gasteiger charge is 2.05. The fourth-order valence-electron chi connectivity index (χ4n) is 3.22. The first kappa shape index (κ1) is 32.6. The molecule has 168 valence electrons. The zero-order valence-electron chi connectivity index (χ0n) is 20.0. The van der Waals surface area contributed by atoms with Crippen LogP contribution in [-0.2, 0) is 0 Å². The molecule has 0 N–H and O–H groups in total. The van der Waals surface area contributed by atoms with Crippen molar-refractivity contribution in [2.24, 2.45) is 0 Å². The van der Waals surface area contributed by atoms with E-state index in [1.807, 2.05) is 0 Å². The van der Waals surface area contributed by atoms with E-state index in [4.69, 9.17) is 0 Å². The van der Waals surface area contributed by atoms with Gasteiger partial charge in [0.2, 0.25) is 0 Å². The number of hydrogen-bond donors (Lipinski definition) is 0. The zero-order valence-corrected chi connectivity index (χ0v) is 22.6. The first-order chi connectivity index (χ1) is 12.8. The lowest BCUT2D eigenvalue weighted by molar-refractivity contribution is 0.554. The lowest BCUT2D eigenvalue weighted by atomic mass is 10.1. The summed E-state index contributed by atoms with van der Waals surface area (Å²) in [4.78, 5) is 0. The maximum Gasteiger partial charge on any atom is -0.0326 e. The van der Waals surface area contributed by atoms with Crippen molar-refractivity contribution in [1.29, 1.82) is 0 Å². The minimum atomic E-state index is 0. The van der Waals surface area contributed by atoms with E-state index < -0.39 is 0 Å². The smallest absolute Gasteiger partial charge is 0.0326 e. The van der Waals surface area contributed by atoms with Crippen molar-refractivity contribution < 1.29 is 0 Å². The number of halogens is 1. The third-order valence-electron chi connectivity index (χ3n) is 5.19. The third kappa shape index (κ3) is 31.8. The maximum atomic E-state index is 2.31. The van der Waals surface area contributed by atoms with Crippen molar-refractivity contribution in [2.45, 2.75) is 144 Å². The predicted molar refractivity (Wildman–Crippen MR) is 139 cm³/mol. The van der Waals surface area contributed by atoms with Gasteiger partial charge in [-0.15, -0.1) is 24.9 Å². The molecule has 0 spiro atoms. The summed E-state index contributed by atoms with van der Waals surface area (Å²) in [6.07, 6.45) is 29.1. The van der Waals surface area contributed by atoms with Gasteiger partial charge in [-0.2, -0.15) is 0 Å². The van der Waals surface area contributed by atoms with Gasteiger partial charge in [0.15, 0.2) is 0 Å². The van der Waals surface area contributed by atoms with Gasteiger partial charge in [-0.05, 0) is 37.7 Å². The molecule has 0 aromatic heterocycles. The Kier molecular flexibility index (Phi) is 38.1. The molecule has 0 unspecified atom stereocenters. The zero-order chi connectivity index (χ0) is 19.7. The molecular formula is C25H56BrP. The minimum Gasteiger partial charge on any atom is -0.114 e. The molecule has 0 aromatic carbocycles. The molecule has 0 aromatic rings. The Morgan fingerprint density at radius 3 is 0.778 bits per heavy atom. The first-order valence-electron chi connectivity index (χ1n) is 12.5. The largest absolute Gasteiger partial charge is 0.114 e. The molecule has 2 heteroatoms. The summed E-state index contributed by atoms with van der Waals surface area (Å²) in [7, 11) is 0.422. The van der Waals surface area contributed by atoms with Crippen LogP contribution in [0.25, 0.3) is 0 Å². The van der Waals surface area contributed by atoms with E-state index in [0.29, 0.717) is 7.92 Å². The van der Waals surface area contributed by atoms with Crippen LogP contribution in [0.15, 0.2) is 0 Å². The Bertz CT molecular complexity index is 191. The number of rotatable bonds is 19. The Morgan fingerprint density at radius 1 is 0.333 bits per heavy atom. The topological polar surface area (TPSA) is 0 Å². The molecule has 0 atom stereocenters. The lowest BCUT2D eigenvalue weighted by Gasteiger charge is -2.16. The van der Waals surface area contributed by atoms with Crippen molar-refractivity contribution in [2.75, 3.05) is 18.5 Å². The second-order valence-electron chi connectivity index (χ2n) is 8.08. The molecule has 0 amide bonds. The summed E-state index contributed by atoms with van der Waals surface area (Å²) in [6.45, 7) is 11.5. The van der Waals surface area contributed by atoms with E-state index in [-0.39, 0.29) is 17.0 Å². The molecule has 0 rings (SSSR count).